The summed E-state index contributed by atoms with van der Waals surface area (Å²) in [5.41, 5.74) is 6.14. The van der Waals surface area contributed by atoms with E-state index in [1.165, 1.54) is 0 Å². The van der Waals surface area contributed by atoms with Gasteiger partial charge in [-0.3, -0.25) is 19.8 Å². The number of aromatic nitrogens is 1. The molecule has 6 heteroatoms. The summed E-state index contributed by atoms with van der Waals surface area (Å²) < 4.78 is 0. The maximum absolute atomic E-state index is 11.9. The zero-order valence-electron chi connectivity index (χ0n) is 11.8. The van der Waals surface area contributed by atoms with E-state index >= 15 is 0 Å². The summed E-state index contributed by atoms with van der Waals surface area (Å²) in [6, 6.07) is 3.35. The van der Waals surface area contributed by atoms with Crippen LogP contribution in [0.25, 0.3) is 0 Å². The molecule has 0 radical (unpaired) electrons. The molecule has 6 nitrogen and oxygen atoms in total. The van der Waals surface area contributed by atoms with Gasteiger partial charge in [-0.25, -0.2) is 0 Å². The van der Waals surface area contributed by atoms with Crippen molar-refractivity contribution in [3.8, 4) is 0 Å². The number of amides is 2. The Balaban J connectivity index is 1.81. The Morgan fingerprint density at radius 2 is 2.35 bits per heavy atom. The van der Waals surface area contributed by atoms with Crippen LogP contribution in [-0.4, -0.2) is 47.9 Å². The standard InChI is InChI=1S/C14H22N4O2/c1-10-4-6-18(8-11(10)7-15)9-13(19)17-14(20)12-3-2-5-16-12/h2-3,5,10-11,16H,4,6-9,15H2,1H3,(H,17,19,20). The van der Waals surface area contributed by atoms with E-state index < -0.39 is 0 Å². The summed E-state index contributed by atoms with van der Waals surface area (Å²) in [5.74, 6) is 0.367. The Labute approximate surface area is 118 Å². The molecule has 20 heavy (non-hydrogen) atoms. The largest absolute Gasteiger partial charge is 0.357 e. The summed E-state index contributed by atoms with van der Waals surface area (Å²) in [6.07, 6.45) is 2.69. The summed E-state index contributed by atoms with van der Waals surface area (Å²) in [4.78, 5) is 28.4. The zero-order chi connectivity index (χ0) is 14.5. The highest BCUT2D eigenvalue weighted by Gasteiger charge is 2.26. The van der Waals surface area contributed by atoms with Crippen molar-refractivity contribution in [3.63, 3.8) is 0 Å². The van der Waals surface area contributed by atoms with Crippen LogP contribution in [0.1, 0.15) is 23.8 Å². The number of hydrogen-bond acceptors (Lipinski definition) is 4. The molecule has 2 atom stereocenters. The highest BCUT2D eigenvalue weighted by atomic mass is 16.2. The van der Waals surface area contributed by atoms with Crippen molar-refractivity contribution >= 4 is 11.8 Å². The number of aromatic amines is 1. The van der Waals surface area contributed by atoms with Crippen LogP contribution >= 0.6 is 0 Å². The summed E-state index contributed by atoms with van der Waals surface area (Å²) in [5, 5.41) is 2.39. The van der Waals surface area contributed by atoms with Crippen LogP contribution in [0.4, 0.5) is 0 Å². The first-order valence-corrected chi connectivity index (χ1v) is 7.00. The first-order chi connectivity index (χ1) is 9.60. The fourth-order valence-corrected chi connectivity index (χ4v) is 2.58. The molecule has 1 aliphatic heterocycles. The number of nitrogens with one attached hydrogen (secondary N) is 2. The lowest BCUT2D eigenvalue weighted by atomic mass is 9.87. The first-order valence-electron chi connectivity index (χ1n) is 7.00. The second-order valence-corrected chi connectivity index (χ2v) is 5.46. The second-order valence-electron chi connectivity index (χ2n) is 5.46. The SMILES string of the molecule is CC1CCN(CC(=O)NC(=O)c2ccc[nH]2)CC1CN. The van der Waals surface area contributed by atoms with Gasteiger partial charge >= 0.3 is 0 Å². The van der Waals surface area contributed by atoms with Crippen molar-refractivity contribution in [2.75, 3.05) is 26.2 Å². The molecule has 0 spiro atoms. The zero-order valence-corrected chi connectivity index (χ0v) is 11.8. The molecule has 4 N–H and O–H groups in total. The quantitative estimate of drug-likeness (QED) is 0.733. The minimum absolute atomic E-state index is 0.246. The van der Waals surface area contributed by atoms with Crippen LogP contribution in [0.5, 0.6) is 0 Å². The molecule has 2 heterocycles. The van der Waals surface area contributed by atoms with Crippen LogP contribution in [0.3, 0.4) is 0 Å². The van der Waals surface area contributed by atoms with E-state index in [0.717, 1.165) is 19.5 Å². The average molecular weight is 278 g/mol. The fraction of sp³-hybridized carbons (Fsp3) is 0.571. The Morgan fingerprint density at radius 1 is 1.55 bits per heavy atom. The number of nitrogens with two attached hydrogens (primary N) is 1. The number of carbonyl (C=O) groups excluding carboxylic acids is 2. The molecule has 2 amide bonds. The molecule has 0 aromatic carbocycles. The van der Waals surface area contributed by atoms with E-state index in [1.54, 1.807) is 18.3 Å². The highest BCUT2D eigenvalue weighted by Crippen LogP contribution is 2.21. The highest BCUT2D eigenvalue weighted by molar-refractivity contribution is 6.04. The minimum Gasteiger partial charge on any atom is -0.357 e. The predicted octanol–water partition coefficient (Wildman–Crippen LogP) is 0.188. The van der Waals surface area contributed by atoms with Gasteiger partial charge in [0.2, 0.25) is 5.91 Å². The lowest BCUT2D eigenvalue weighted by Gasteiger charge is -2.36. The van der Waals surface area contributed by atoms with Crippen LogP contribution in [0.15, 0.2) is 18.3 Å². The Kier molecular flexibility index (Phi) is 4.92. The van der Waals surface area contributed by atoms with Crippen molar-refractivity contribution in [1.29, 1.82) is 0 Å². The molecule has 2 unspecified atom stereocenters. The van der Waals surface area contributed by atoms with Gasteiger partial charge in [-0.1, -0.05) is 6.92 Å². The predicted molar refractivity (Wildman–Crippen MR) is 76.0 cm³/mol. The van der Waals surface area contributed by atoms with E-state index in [9.17, 15) is 9.59 Å². The van der Waals surface area contributed by atoms with Crippen LogP contribution in [0.2, 0.25) is 0 Å². The number of imide groups is 1. The molecule has 2 rings (SSSR count). The topological polar surface area (TPSA) is 91.2 Å². The Bertz CT molecular complexity index is 458. The molecule has 1 saturated heterocycles. The third-order valence-corrected chi connectivity index (χ3v) is 3.96. The van der Waals surface area contributed by atoms with Gasteiger partial charge in [0, 0.05) is 12.7 Å². The second kappa shape index (κ2) is 6.67. The number of H-pyrrole nitrogens is 1. The molecule has 1 aromatic heterocycles. The van der Waals surface area contributed by atoms with Gasteiger partial charge in [-0.05, 0) is 43.5 Å². The van der Waals surface area contributed by atoms with E-state index in [1.807, 2.05) is 0 Å². The summed E-state index contributed by atoms with van der Waals surface area (Å²) in [6.45, 7) is 4.78. The van der Waals surface area contributed by atoms with E-state index in [-0.39, 0.29) is 18.4 Å². The third kappa shape index (κ3) is 3.68. The van der Waals surface area contributed by atoms with Gasteiger partial charge in [0.15, 0.2) is 0 Å². The molecule has 0 saturated carbocycles. The maximum atomic E-state index is 11.9. The number of nitrogens with zero attached hydrogens (tertiary/aromatic N) is 1. The van der Waals surface area contributed by atoms with Crippen molar-refractivity contribution in [3.05, 3.63) is 24.0 Å². The van der Waals surface area contributed by atoms with Gasteiger partial charge in [0.1, 0.15) is 5.69 Å². The lowest BCUT2D eigenvalue weighted by molar-refractivity contribution is -0.121. The van der Waals surface area contributed by atoms with Gasteiger partial charge in [0.05, 0.1) is 6.54 Å². The van der Waals surface area contributed by atoms with Gasteiger partial charge in [-0.2, -0.15) is 0 Å². The monoisotopic (exact) mass is 278 g/mol. The summed E-state index contributed by atoms with van der Waals surface area (Å²) >= 11 is 0. The number of carbonyl (C=O) groups is 2. The minimum atomic E-state index is -0.388. The number of piperidine rings is 1. The molecule has 1 aromatic rings. The third-order valence-electron chi connectivity index (χ3n) is 3.96. The molecular formula is C14H22N4O2. The van der Waals surface area contributed by atoms with Crippen LogP contribution in [0, 0.1) is 11.8 Å². The van der Waals surface area contributed by atoms with E-state index in [0.29, 0.717) is 24.1 Å². The maximum Gasteiger partial charge on any atom is 0.274 e. The number of likely N-dealkylation sites (tertiary alicyclic amines) is 1. The van der Waals surface area contributed by atoms with Crippen LogP contribution in [-0.2, 0) is 4.79 Å². The van der Waals surface area contributed by atoms with Crippen molar-refractivity contribution < 1.29 is 9.59 Å². The van der Waals surface area contributed by atoms with Gasteiger partial charge in [0.25, 0.3) is 5.91 Å². The summed E-state index contributed by atoms with van der Waals surface area (Å²) in [7, 11) is 0. The van der Waals surface area contributed by atoms with Gasteiger partial charge < -0.3 is 10.7 Å². The molecule has 1 fully saturated rings. The number of rotatable bonds is 4. The van der Waals surface area contributed by atoms with E-state index in [4.69, 9.17) is 5.73 Å². The smallest absolute Gasteiger partial charge is 0.274 e. The Morgan fingerprint density at radius 3 is 3.00 bits per heavy atom. The first kappa shape index (κ1) is 14.7. The lowest BCUT2D eigenvalue weighted by Crippen LogP contribution is -2.47. The molecule has 1 aliphatic rings. The normalized spacial score (nSPS) is 23.5. The van der Waals surface area contributed by atoms with Crippen molar-refractivity contribution in [2.24, 2.45) is 17.6 Å². The Hall–Kier alpha value is -1.66. The van der Waals surface area contributed by atoms with Gasteiger partial charge in [-0.15, -0.1) is 0 Å². The molecule has 110 valence electrons. The number of hydrogen-bond donors (Lipinski definition) is 3. The average Bonchev–Trinajstić information content (AvgIpc) is 2.95. The van der Waals surface area contributed by atoms with E-state index in [2.05, 4.69) is 22.1 Å². The fourth-order valence-electron chi connectivity index (χ4n) is 2.58. The molecular weight excluding hydrogens is 256 g/mol. The molecule has 0 aliphatic carbocycles. The van der Waals surface area contributed by atoms with Crippen molar-refractivity contribution in [2.45, 2.75) is 13.3 Å². The van der Waals surface area contributed by atoms with Crippen LogP contribution < -0.4 is 11.1 Å². The molecule has 0 bridgehead atoms. The van der Waals surface area contributed by atoms with Crippen molar-refractivity contribution in [1.82, 2.24) is 15.2 Å².